The molecule has 2 aliphatic carbocycles. The van der Waals surface area contributed by atoms with Gasteiger partial charge in [0.25, 0.3) is 0 Å². The zero-order valence-corrected chi connectivity index (χ0v) is 18.9. The predicted molar refractivity (Wildman–Crippen MR) is 124 cm³/mol. The average Bonchev–Trinajstić information content (AvgIpc) is 3.66. The van der Waals surface area contributed by atoms with Crippen molar-refractivity contribution >= 4 is 11.6 Å². The molecule has 7 heteroatoms. The number of ether oxygens (including phenoxy) is 3. The Balaban J connectivity index is 1.30. The highest BCUT2D eigenvalue weighted by molar-refractivity contribution is 5.94. The van der Waals surface area contributed by atoms with Crippen LogP contribution in [0, 0.1) is 5.92 Å². The summed E-state index contributed by atoms with van der Waals surface area (Å²) in [4.78, 5) is 7.33. The lowest BCUT2D eigenvalue weighted by Crippen LogP contribution is -2.39. The second-order valence-electron chi connectivity index (χ2n) is 8.73. The molecule has 1 aliphatic heterocycles. The molecule has 0 amide bonds. The normalized spacial score (nSPS) is 18.7. The highest BCUT2D eigenvalue weighted by Gasteiger charge is 2.27. The molecular weight excluding hydrogens is 392 g/mol. The Morgan fingerprint density at radius 3 is 2.77 bits per heavy atom. The van der Waals surface area contributed by atoms with E-state index in [1.807, 2.05) is 18.2 Å². The maximum atomic E-state index is 5.83. The monoisotopic (exact) mass is 430 g/mol. The molecule has 3 aliphatic rings. The summed E-state index contributed by atoms with van der Waals surface area (Å²) in [6.45, 7) is 9.08. The minimum atomic E-state index is 0.685. The SMILES string of the molecule is CCN(CCNC(=NCCCOCC1CC1)Nc1ccc2c(c1)OCCCO2)C1CC1. The lowest BCUT2D eigenvalue weighted by Gasteiger charge is -2.21. The Bertz CT molecular complexity index is 719. The van der Waals surface area contributed by atoms with Gasteiger partial charge in [-0.25, -0.2) is 0 Å². The Hall–Kier alpha value is -1.99. The fourth-order valence-corrected chi connectivity index (χ4v) is 3.77. The van der Waals surface area contributed by atoms with Crippen molar-refractivity contribution in [3.63, 3.8) is 0 Å². The molecule has 4 rings (SSSR count). The van der Waals surface area contributed by atoms with Crippen molar-refractivity contribution in [2.45, 2.75) is 51.5 Å². The molecule has 0 bridgehead atoms. The summed E-state index contributed by atoms with van der Waals surface area (Å²) < 4.78 is 17.3. The molecule has 0 saturated heterocycles. The number of hydrogen-bond donors (Lipinski definition) is 2. The molecule has 0 spiro atoms. The number of hydrogen-bond acceptors (Lipinski definition) is 5. The van der Waals surface area contributed by atoms with Crippen molar-refractivity contribution in [1.82, 2.24) is 10.2 Å². The van der Waals surface area contributed by atoms with Gasteiger partial charge in [0, 0.05) is 57.1 Å². The van der Waals surface area contributed by atoms with E-state index < -0.39 is 0 Å². The van der Waals surface area contributed by atoms with Gasteiger partial charge in [-0.05, 0) is 56.7 Å². The van der Waals surface area contributed by atoms with Gasteiger partial charge in [0.2, 0.25) is 0 Å². The van der Waals surface area contributed by atoms with Gasteiger partial charge in [-0.1, -0.05) is 6.92 Å². The molecular formula is C24H38N4O3. The third kappa shape index (κ3) is 7.58. The highest BCUT2D eigenvalue weighted by Crippen LogP contribution is 2.32. The van der Waals surface area contributed by atoms with E-state index in [4.69, 9.17) is 19.2 Å². The predicted octanol–water partition coefficient (Wildman–Crippen LogP) is 3.51. The Morgan fingerprint density at radius 1 is 1.16 bits per heavy atom. The van der Waals surface area contributed by atoms with E-state index >= 15 is 0 Å². The van der Waals surface area contributed by atoms with Crippen LogP contribution < -0.4 is 20.1 Å². The number of benzene rings is 1. The van der Waals surface area contributed by atoms with E-state index in [9.17, 15) is 0 Å². The smallest absolute Gasteiger partial charge is 0.195 e. The minimum absolute atomic E-state index is 0.685. The summed E-state index contributed by atoms with van der Waals surface area (Å²) in [5.41, 5.74) is 0.954. The third-order valence-corrected chi connectivity index (χ3v) is 5.94. The molecule has 2 saturated carbocycles. The topological polar surface area (TPSA) is 67.4 Å². The quantitative estimate of drug-likeness (QED) is 0.301. The van der Waals surface area contributed by atoms with Crippen molar-refractivity contribution in [1.29, 1.82) is 0 Å². The summed E-state index contributed by atoms with van der Waals surface area (Å²) in [7, 11) is 0. The van der Waals surface area contributed by atoms with Gasteiger partial charge in [0.15, 0.2) is 17.5 Å². The molecule has 0 radical (unpaired) electrons. The molecule has 172 valence electrons. The van der Waals surface area contributed by atoms with Crippen LogP contribution in [0.25, 0.3) is 0 Å². The maximum absolute atomic E-state index is 5.83. The largest absolute Gasteiger partial charge is 0.490 e. The van der Waals surface area contributed by atoms with Crippen molar-refractivity contribution < 1.29 is 14.2 Å². The minimum Gasteiger partial charge on any atom is -0.490 e. The van der Waals surface area contributed by atoms with E-state index in [0.29, 0.717) is 13.2 Å². The second kappa shape index (κ2) is 11.6. The lowest BCUT2D eigenvalue weighted by molar-refractivity contribution is 0.123. The van der Waals surface area contributed by atoms with Crippen LogP contribution in [0.4, 0.5) is 5.69 Å². The van der Waals surface area contributed by atoms with Gasteiger partial charge in [-0.3, -0.25) is 9.89 Å². The van der Waals surface area contributed by atoms with Gasteiger partial charge in [-0.15, -0.1) is 0 Å². The third-order valence-electron chi connectivity index (χ3n) is 5.94. The Morgan fingerprint density at radius 2 is 2.00 bits per heavy atom. The van der Waals surface area contributed by atoms with Crippen LogP contribution in [0.3, 0.4) is 0 Å². The number of anilines is 1. The number of aliphatic imine (C=N–C) groups is 1. The fraction of sp³-hybridized carbons (Fsp3) is 0.708. The van der Waals surface area contributed by atoms with Crippen LogP contribution in [-0.2, 0) is 4.74 Å². The zero-order valence-electron chi connectivity index (χ0n) is 18.9. The fourth-order valence-electron chi connectivity index (χ4n) is 3.77. The molecule has 31 heavy (non-hydrogen) atoms. The van der Waals surface area contributed by atoms with E-state index in [2.05, 4.69) is 22.5 Å². The van der Waals surface area contributed by atoms with Crippen LogP contribution in [0.15, 0.2) is 23.2 Å². The molecule has 0 atom stereocenters. The number of fused-ring (bicyclic) bond motifs is 1. The first-order valence-electron chi connectivity index (χ1n) is 12.1. The summed E-state index contributed by atoms with van der Waals surface area (Å²) >= 11 is 0. The first-order valence-corrected chi connectivity index (χ1v) is 12.1. The molecule has 1 aromatic rings. The second-order valence-corrected chi connectivity index (χ2v) is 8.73. The van der Waals surface area contributed by atoms with Gasteiger partial charge >= 0.3 is 0 Å². The summed E-state index contributed by atoms with van der Waals surface area (Å²) in [5, 5.41) is 6.96. The summed E-state index contributed by atoms with van der Waals surface area (Å²) in [6.07, 6.45) is 7.19. The number of likely N-dealkylation sites (N-methyl/N-ethyl adjacent to an activating group) is 1. The molecule has 7 nitrogen and oxygen atoms in total. The lowest BCUT2D eigenvalue weighted by atomic mass is 10.2. The van der Waals surface area contributed by atoms with Crippen molar-refractivity contribution in [2.24, 2.45) is 10.9 Å². The van der Waals surface area contributed by atoms with Gasteiger partial charge < -0.3 is 24.8 Å². The van der Waals surface area contributed by atoms with Crippen molar-refractivity contribution in [3.05, 3.63) is 18.2 Å². The zero-order chi connectivity index (χ0) is 21.3. The Kier molecular flexibility index (Phi) is 8.30. The molecule has 0 unspecified atom stereocenters. The first kappa shape index (κ1) is 22.2. The van der Waals surface area contributed by atoms with E-state index in [1.54, 1.807) is 0 Å². The first-order chi connectivity index (χ1) is 15.3. The number of rotatable bonds is 12. The van der Waals surface area contributed by atoms with Gasteiger partial charge in [0.05, 0.1) is 13.2 Å². The van der Waals surface area contributed by atoms with Crippen molar-refractivity contribution in [3.8, 4) is 11.5 Å². The number of nitrogens with zero attached hydrogens (tertiary/aromatic N) is 2. The van der Waals surface area contributed by atoms with Gasteiger partial charge in [0.1, 0.15) is 0 Å². The molecule has 1 heterocycles. The van der Waals surface area contributed by atoms with E-state index in [-0.39, 0.29) is 0 Å². The van der Waals surface area contributed by atoms with E-state index in [0.717, 1.165) is 87.3 Å². The molecule has 1 aromatic carbocycles. The van der Waals surface area contributed by atoms with Crippen LogP contribution in [0.2, 0.25) is 0 Å². The van der Waals surface area contributed by atoms with Crippen LogP contribution >= 0.6 is 0 Å². The molecule has 2 N–H and O–H groups in total. The summed E-state index contributed by atoms with van der Waals surface area (Å²) in [5.74, 6) is 3.23. The van der Waals surface area contributed by atoms with Crippen LogP contribution in [0.5, 0.6) is 11.5 Å². The van der Waals surface area contributed by atoms with Crippen LogP contribution in [-0.4, -0.2) is 69.5 Å². The Labute approximate surface area is 186 Å². The number of guanidine groups is 1. The highest BCUT2D eigenvalue weighted by atomic mass is 16.5. The van der Waals surface area contributed by atoms with E-state index in [1.165, 1.54) is 25.7 Å². The average molecular weight is 431 g/mol. The van der Waals surface area contributed by atoms with Gasteiger partial charge in [-0.2, -0.15) is 0 Å². The molecule has 0 aromatic heterocycles. The summed E-state index contributed by atoms with van der Waals surface area (Å²) in [6, 6.07) is 6.77. The molecule has 2 fully saturated rings. The van der Waals surface area contributed by atoms with Crippen molar-refractivity contribution in [2.75, 3.05) is 57.9 Å². The number of nitrogens with one attached hydrogen (secondary N) is 2. The maximum Gasteiger partial charge on any atom is 0.195 e. The van der Waals surface area contributed by atoms with Crippen LogP contribution in [0.1, 0.15) is 45.4 Å². The standard InChI is InChI=1S/C24H38N4O3/c1-2-28(21-8-9-21)13-12-26-24(25-11-3-14-29-18-19-5-6-19)27-20-7-10-22-23(17-20)31-16-4-15-30-22/h7,10,17,19,21H,2-6,8-9,11-16,18H2,1H3,(H2,25,26,27).